The number of benzene rings is 2. The number of hydrogen-bond donors (Lipinski definition) is 2. The Labute approximate surface area is 144 Å². The van der Waals surface area contributed by atoms with Crippen LogP contribution in [0.25, 0.3) is 0 Å². The van der Waals surface area contributed by atoms with Crippen LogP contribution in [0.15, 0.2) is 42.5 Å². The van der Waals surface area contributed by atoms with Crippen LogP contribution in [0.2, 0.25) is 0 Å². The molecule has 0 heterocycles. The SMILES string of the molecule is Cc1ccc(NC(=O)CN(C)C(=O)c2ccc(N)c([N+](=O)[O-])c2)cc1. The van der Waals surface area contributed by atoms with Crippen molar-refractivity contribution in [3.63, 3.8) is 0 Å². The highest BCUT2D eigenvalue weighted by atomic mass is 16.6. The lowest BCUT2D eigenvalue weighted by atomic mass is 10.1. The molecule has 0 atom stereocenters. The van der Waals surface area contributed by atoms with E-state index in [0.717, 1.165) is 11.6 Å². The van der Waals surface area contributed by atoms with Crippen LogP contribution in [0.3, 0.4) is 0 Å². The van der Waals surface area contributed by atoms with E-state index < -0.39 is 10.8 Å². The third-order valence-electron chi connectivity index (χ3n) is 3.54. The molecular formula is C17H18N4O4. The summed E-state index contributed by atoms with van der Waals surface area (Å²) in [4.78, 5) is 35.8. The maximum atomic E-state index is 12.3. The predicted molar refractivity (Wildman–Crippen MR) is 94.3 cm³/mol. The molecule has 0 radical (unpaired) electrons. The lowest BCUT2D eigenvalue weighted by molar-refractivity contribution is -0.383. The minimum absolute atomic E-state index is 0.0266. The van der Waals surface area contributed by atoms with Crippen LogP contribution in [0.1, 0.15) is 15.9 Å². The number of nitro groups is 1. The highest BCUT2D eigenvalue weighted by molar-refractivity contribution is 5.99. The van der Waals surface area contributed by atoms with Crippen LogP contribution < -0.4 is 11.1 Å². The van der Waals surface area contributed by atoms with Crippen molar-refractivity contribution in [2.75, 3.05) is 24.6 Å². The smallest absolute Gasteiger partial charge is 0.292 e. The summed E-state index contributed by atoms with van der Waals surface area (Å²) >= 11 is 0. The van der Waals surface area contributed by atoms with Gasteiger partial charge < -0.3 is 16.0 Å². The zero-order valence-electron chi connectivity index (χ0n) is 13.9. The molecule has 0 aliphatic carbocycles. The van der Waals surface area contributed by atoms with Crippen LogP contribution >= 0.6 is 0 Å². The number of anilines is 2. The van der Waals surface area contributed by atoms with Crippen molar-refractivity contribution in [2.45, 2.75) is 6.92 Å². The van der Waals surface area contributed by atoms with Crippen LogP contribution in [0, 0.1) is 17.0 Å². The number of hydrogen-bond acceptors (Lipinski definition) is 5. The minimum Gasteiger partial charge on any atom is -0.393 e. The van der Waals surface area contributed by atoms with E-state index in [0.29, 0.717) is 5.69 Å². The van der Waals surface area contributed by atoms with Gasteiger partial charge in [0.15, 0.2) is 0 Å². The summed E-state index contributed by atoms with van der Waals surface area (Å²) in [6, 6.07) is 11.0. The molecule has 0 spiro atoms. The van der Waals surface area contributed by atoms with E-state index in [1.54, 1.807) is 12.1 Å². The Morgan fingerprint density at radius 1 is 1.20 bits per heavy atom. The zero-order chi connectivity index (χ0) is 18.6. The van der Waals surface area contributed by atoms with Crippen molar-refractivity contribution in [3.8, 4) is 0 Å². The summed E-state index contributed by atoms with van der Waals surface area (Å²) in [5.41, 5.74) is 6.92. The van der Waals surface area contributed by atoms with Gasteiger partial charge >= 0.3 is 0 Å². The molecule has 0 saturated heterocycles. The second-order valence-corrected chi connectivity index (χ2v) is 5.61. The van der Waals surface area contributed by atoms with Crippen molar-refractivity contribution in [1.82, 2.24) is 4.90 Å². The van der Waals surface area contributed by atoms with E-state index in [4.69, 9.17) is 5.73 Å². The van der Waals surface area contributed by atoms with Crippen molar-refractivity contribution in [2.24, 2.45) is 0 Å². The van der Waals surface area contributed by atoms with E-state index in [2.05, 4.69) is 5.32 Å². The number of aryl methyl sites for hydroxylation is 1. The van der Waals surface area contributed by atoms with Gasteiger partial charge in [-0.25, -0.2) is 0 Å². The molecule has 8 heteroatoms. The van der Waals surface area contributed by atoms with Gasteiger partial charge in [-0.15, -0.1) is 0 Å². The Hall–Kier alpha value is -3.42. The van der Waals surface area contributed by atoms with Crippen LogP contribution in [0.5, 0.6) is 0 Å². The maximum absolute atomic E-state index is 12.3. The van der Waals surface area contributed by atoms with Crippen molar-refractivity contribution in [3.05, 3.63) is 63.7 Å². The Morgan fingerprint density at radius 2 is 1.84 bits per heavy atom. The third-order valence-corrected chi connectivity index (χ3v) is 3.54. The zero-order valence-corrected chi connectivity index (χ0v) is 13.9. The second kappa shape index (κ2) is 7.43. The number of carbonyl (C=O) groups is 2. The third kappa shape index (κ3) is 4.54. The molecule has 0 fully saturated rings. The normalized spacial score (nSPS) is 10.2. The van der Waals surface area contributed by atoms with Gasteiger partial charge in [-0.3, -0.25) is 19.7 Å². The van der Waals surface area contributed by atoms with Gasteiger partial charge in [0, 0.05) is 24.4 Å². The van der Waals surface area contributed by atoms with E-state index >= 15 is 0 Å². The summed E-state index contributed by atoms with van der Waals surface area (Å²) in [5, 5.41) is 13.6. The van der Waals surface area contributed by atoms with Crippen LogP contribution in [-0.2, 0) is 4.79 Å². The van der Waals surface area contributed by atoms with Crippen molar-refractivity contribution < 1.29 is 14.5 Å². The molecule has 0 unspecified atom stereocenters. The molecular weight excluding hydrogens is 324 g/mol. The average molecular weight is 342 g/mol. The number of nitrogens with zero attached hydrogens (tertiary/aromatic N) is 2. The number of likely N-dealkylation sites (N-methyl/N-ethyl adjacent to an activating group) is 1. The number of nitrogens with one attached hydrogen (secondary N) is 1. The van der Waals surface area contributed by atoms with Gasteiger partial charge in [0.25, 0.3) is 11.6 Å². The molecule has 8 nitrogen and oxygen atoms in total. The molecule has 0 aliphatic heterocycles. The molecule has 2 aromatic carbocycles. The molecule has 25 heavy (non-hydrogen) atoms. The Bertz CT molecular complexity index is 818. The van der Waals surface area contributed by atoms with Crippen LogP contribution in [0.4, 0.5) is 17.1 Å². The Balaban J connectivity index is 2.04. The van der Waals surface area contributed by atoms with Crippen molar-refractivity contribution >= 4 is 28.9 Å². The van der Waals surface area contributed by atoms with Gasteiger partial charge in [-0.1, -0.05) is 17.7 Å². The average Bonchev–Trinajstić information content (AvgIpc) is 2.56. The Kier molecular flexibility index (Phi) is 5.33. The molecule has 0 aromatic heterocycles. The number of rotatable bonds is 5. The molecule has 0 saturated carbocycles. The Morgan fingerprint density at radius 3 is 2.44 bits per heavy atom. The molecule has 2 rings (SSSR count). The lowest BCUT2D eigenvalue weighted by Gasteiger charge is -2.17. The quantitative estimate of drug-likeness (QED) is 0.490. The molecule has 0 aliphatic rings. The molecule has 3 N–H and O–H groups in total. The fourth-order valence-electron chi connectivity index (χ4n) is 2.18. The predicted octanol–water partition coefficient (Wildman–Crippen LogP) is 2.20. The fourth-order valence-corrected chi connectivity index (χ4v) is 2.18. The van der Waals surface area contributed by atoms with Crippen LogP contribution in [-0.4, -0.2) is 35.2 Å². The number of nitrogens with two attached hydrogens (primary N) is 1. The molecule has 2 amide bonds. The first kappa shape index (κ1) is 17.9. The number of nitro benzene ring substituents is 1. The van der Waals surface area contributed by atoms with E-state index in [-0.39, 0.29) is 29.4 Å². The fraction of sp³-hybridized carbons (Fsp3) is 0.176. The van der Waals surface area contributed by atoms with Crippen molar-refractivity contribution in [1.29, 1.82) is 0 Å². The minimum atomic E-state index is -0.657. The first-order valence-electron chi connectivity index (χ1n) is 7.44. The van der Waals surface area contributed by atoms with E-state index in [1.807, 2.05) is 19.1 Å². The summed E-state index contributed by atoms with van der Waals surface area (Å²) < 4.78 is 0. The van der Waals surface area contributed by atoms with E-state index in [9.17, 15) is 19.7 Å². The molecule has 0 bridgehead atoms. The van der Waals surface area contributed by atoms with Gasteiger partial charge in [-0.05, 0) is 31.2 Å². The summed E-state index contributed by atoms with van der Waals surface area (Å²) in [6.07, 6.45) is 0. The summed E-state index contributed by atoms with van der Waals surface area (Å²) in [7, 11) is 1.44. The monoisotopic (exact) mass is 342 g/mol. The summed E-state index contributed by atoms with van der Waals surface area (Å²) in [6.45, 7) is 1.74. The topological polar surface area (TPSA) is 119 Å². The van der Waals surface area contributed by atoms with Gasteiger partial charge in [0.2, 0.25) is 5.91 Å². The molecule has 2 aromatic rings. The largest absolute Gasteiger partial charge is 0.393 e. The van der Waals surface area contributed by atoms with E-state index in [1.165, 1.54) is 24.1 Å². The van der Waals surface area contributed by atoms with Gasteiger partial charge in [-0.2, -0.15) is 0 Å². The summed E-state index contributed by atoms with van der Waals surface area (Å²) in [5.74, 6) is -0.883. The number of amides is 2. The van der Waals surface area contributed by atoms with Gasteiger partial charge in [0.1, 0.15) is 5.69 Å². The lowest BCUT2D eigenvalue weighted by Crippen LogP contribution is -2.35. The highest BCUT2D eigenvalue weighted by Gasteiger charge is 2.19. The highest BCUT2D eigenvalue weighted by Crippen LogP contribution is 2.23. The standard InChI is InChI=1S/C17H18N4O4/c1-11-3-6-13(7-4-11)19-16(22)10-20(2)17(23)12-5-8-14(18)15(9-12)21(24)25/h3-9H,10,18H2,1-2H3,(H,19,22). The van der Waals surface area contributed by atoms with Gasteiger partial charge in [0.05, 0.1) is 11.5 Å². The first-order valence-corrected chi connectivity index (χ1v) is 7.44. The second-order valence-electron chi connectivity index (χ2n) is 5.61. The number of nitrogen functional groups attached to an aromatic ring is 1. The number of carbonyl (C=O) groups excluding carboxylic acids is 2. The maximum Gasteiger partial charge on any atom is 0.292 e. The first-order chi connectivity index (χ1) is 11.8. The molecule has 130 valence electrons.